The lowest BCUT2D eigenvalue weighted by molar-refractivity contribution is -0.123. The Morgan fingerprint density at radius 2 is 2.20 bits per heavy atom. The molecule has 88 valence electrons. The maximum atomic E-state index is 11.7. The van der Waals surface area contributed by atoms with Gasteiger partial charge in [-0.2, -0.15) is 0 Å². The molecule has 2 atom stereocenters. The van der Waals surface area contributed by atoms with Crippen LogP contribution in [0.3, 0.4) is 0 Å². The summed E-state index contributed by atoms with van der Waals surface area (Å²) in [6, 6.07) is 0.323. The molecule has 0 bridgehead atoms. The Kier molecular flexibility index (Phi) is 5.47. The van der Waals surface area contributed by atoms with Gasteiger partial charge in [0, 0.05) is 17.7 Å². The summed E-state index contributed by atoms with van der Waals surface area (Å²) >= 11 is 1.78. The van der Waals surface area contributed by atoms with Gasteiger partial charge >= 0.3 is 0 Å². The summed E-state index contributed by atoms with van der Waals surface area (Å²) in [6.07, 6.45) is 2.25. The molecule has 0 aliphatic carbocycles. The van der Waals surface area contributed by atoms with Crippen LogP contribution in [0.5, 0.6) is 0 Å². The third-order valence-electron chi connectivity index (χ3n) is 2.60. The van der Waals surface area contributed by atoms with Gasteiger partial charge in [-0.3, -0.25) is 10.1 Å². The molecular formula is C11H22N2OS. The highest BCUT2D eigenvalue weighted by Gasteiger charge is 2.23. The molecule has 1 heterocycles. The van der Waals surface area contributed by atoms with Crippen LogP contribution in [0, 0.1) is 5.92 Å². The number of thioether (sulfide) groups is 1. The van der Waals surface area contributed by atoms with Crippen LogP contribution in [0.4, 0.5) is 0 Å². The van der Waals surface area contributed by atoms with E-state index in [0.29, 0.717) is 12.0 Å². The summed E-state index contributed by atoms with van der Waals surface area (Å²) in [7, 11) is 0. The fourth-order valence-corrected chi connectivity index (χ4v) is 2.50. The standard InChI is InChI=1S/C11H22N2OS/c1-8(2)4-5-9(3)13-11(14)10-6-15-7-12-10/h8-10,12H,4-7H2,1-3H3,(H,13,14)/t9-,10-/m1/s1. The zero-order valence-corrected chi connectivity index (χ0v) is 10.7. The third-order valence-corrected chi connectivity index (χ3v) is 3.54. The molecule has 15 heavy (non-hydrogen) atoms. The van der Waals surface area contributed by atoms with Crippen molar-refractivity contribution in [1.82, 2.24) is 10.6 Å². The molecule has 1 aliphatic rings. The van der Waals surface area contributed by atoms with Gasteiger partial charge in [-0.15, -0.1) is 11.8 Å². The van der Waals surface area contributed by atoms with Gasteiger partial charge < -0.3 is 5.32 Å². The van der Waals surface area contributed by atoms with Crippen molar-refractivity contribution >= 4 is 17.7 Å². The van der Waals surface area contributed by atoms with Gasteiger partial charge in [0.05, 0.1) is 6.04 Å². The summed E-state index contributed by atoms with van der Waals surface area (Å²) in [4.78, 5) is 11.7. The van der Waals surface area contributed by atoms with E-state index in [-0.39, 0.29) is 11.9 Å². The van der Waals surface area contributed by atoms with E-state index in [1.807, 2.05) is 0 Å². The molecule has 0 aromatic heterocycles. The molecule has 1 amide bonds. The highest BCUT2D eigenvalue weighted by molar-refractivity contribution is 7.99. The Hall–Kier alpha value is -0.220. The van der Waals surface area contributed by atoms with Gasteiger partial charge in [0.1, 0.15) is 0 Å². The Morgan fingerprint density at radius 3 is 2.73 bits per heavy atom. The summed E-state index contributed by atoms with van der Waals surface area (Å²) in [5.74, 6) is 2.68. The second kappa shape index (κ2) is 6.38. The number of hydrogen-bond donors (Lipinski definition) is 2. The van der Waals surface area contributed by atoms with Crippen molar-refractivity contribution in [3.63, 3.8) is 0 Å². The first-order valence-corrected chi connectivity index (χ1v) is 6.86. The molecule has 1 fully saturated rings. The summed E-state index contributed by atoms with van der Waals surface area (Å²) < 4.78 is 0. The Balaban J connectivity index is 2.18. The second-order valence-electron chi connectivity index (χ2n) is 4.65. The van der Waals surface area contributed by atoms with Gasteiger partial charge in [-0.05, 0) is 25.7 Å². The fraction of sp³-hybridized carbons (Fsp3) is 0.909. The first kappa shape index (κ1) is 12.8. The van der Waals surface area contributed by atoms with E-state index in [4.69, 9.17) is 0 Å². The average Bonchev–Trinajstić information content (AvgIpc) is 2.67. The van der Waals surface area contributed by atoms with Gasteiger partial charge in [0.15, 0.2) is 0 Å². The monoisotopic (exact) mass is 230 g/mol. The molecule has 1 rings (SSSR count). The van der Waals surface area contributed by atoms with Crippen LogP contribution in [0.25, 0.3) is 0 Å². The molecule has 0 aromatic carbocycles. The molecule has 0 spiro atoms. The fourth-order valence-electron chi connectivity index (χ4n) is 1.56. The Labute approximate surface area is 96.8 Å². The van der Waals surface area contributed by atoms with Crippen LogP contribution >= 0.6 is 11.8 Å². The molecule has 0 saturated carbocycles. The van der Waals surface area contributed by atoms with Crippen molar-refractivity contribution < 1.29 is 4.79 Å². The summed E-state index contributed by atoms with van der Waals surface area (Å²) in [6.45, 7) is 6.51. The molecular weight excluding hydrogens is 208 g/mol. The lowest BCUT2D eigenvalue weighted by atomic mass is 10.0. The molecule has 0 aromatic rings. The van der Waals surface area contributed by atoms with Crippen molar-refractivity contribution in [2.24, 2.45) is 5.92 Å². The zero-order valence-electron chi connectivity index (χ0n) is 9.88. The van der Waals surface area contributed by atoms with E-state index in [9.17, 15) is 4.79 Å². The zero-order chi connectivity index (χ0) is 11.3. The molecule has 3 nitrogen and oxygen atoms in total. The van der Waals surface area contributed by atoms with Gasteiger partial charge in [0.25, 0.3) is 0 Å². The second-order valence-corrected chi connectivity index (χ2v) is 5.68. The van der Waals surface area contributed by atoms with Gasteiger partial charge in [0.2, 0.25) is 5.91 Å². The SMILES string of the molecule is CC(C)CC[C@@H](C)NC(=O)[C@H]1CSCN1. The minimum Gasteiger partial charge on any atom is -0.352 e. The number of nitrogens with one attached hydrogen (secondary N) is 2. The van der Waals surface area contributed by atoms with Crippen LogP contribution in [0.1, 0.15) is 33.6 Å². The number of carbonyl (C=O) groups is 1. The molecule has 0 unspecified atom stereocenters. The lowest BCUT2D eigenvalue weighted by Gasteiger charge is -2.17. The van der Waals surface area contributed by atoms with Gasteiger partial charge in [-0.1, -0.05) is 13.8 Å². The topological polar surface area (TPSA) is 41.1 Å². The summed E-state index contributed by atoms with van der Waals surface area (Å²) in [5, 5.41) is 6.24. The van der Waals surface area contributed by atoms with Crippen LogP contribution in [-0.4, -0.2) is 29.6 Å². The quantitative estimate of drug-likeness (QED) is 0.753. The molecule has 4 heteroatoms. The Bertz CT molecular complexity index is 203. The maximum Gasteiger partial charge on any atom is 0.238 e. The predicted octanol–water partition coefficient (Wildman–Crippen LogP) is 1.59. The van der Waals surface area contributed by atoms with E-state index in [0.717, 1.165) is 18.1 Å². The van der Waals surface area contributed by atoms with Crippen molar-refractivity contribution in [2.75, 3.05) is 11.6 Å². The molecule has 1 saturated heterocycles. The Morgan fingerprint density at radius 1 is 1.47 bits per heavy atom. The van der Waals surface area contributed by atoms with E-state index >= 15 is 0 Å². The van der Waals surface area contributed by atoms with E-state index in [1.165, 1.54) is 6.42 Å². The van der Waals surface area contributed by atoms with Crippen LogP contribution in [-0.2, 0) is 4.79 Å². The molecule has 1 aliphatic heterocycles. The smallest absolute Gasteiger partial charge is 0.238 e. The van der Waals surface area contributed by atoms with E-state index in [1.54, 1.807) is 11.8 Å². The van der Waals surface area contributed by atoms with Crippen LogP contribution in [0.2, 0.25) is 0 Å². The largest absolute Gasteiger partial charge is 0.352 e. The normalized spacial score (nSPS) is 23.1. The highest BCUT2D eigenvalue weighted by atomic mass is 32.2. The minimum absolute atomic E-state index is 0.0245. The van der Waals surface area contributed by atoms with Crippen molar-refractivity contribution in [3.8, 4) is 0 Å². The minimum atomic E-state index is 0.0245. The number of carbonyl (C=O) groups excluding carboxylic acids is 1. The maximum absolute atomic E-state index is 11.7. The molecule has 2 N–H and O–H groups in total. The van der Waals surface area contributed by atoms with E-state index < -0.39 is 0 Å². The molecule has 0 radical (unpaired) electrons. The predicted molar refractivity (Wildman–Crippen MR) is 65.9 cm³/mol. The van der Waals surface area contributed by atoms with Crippen LogP contribution in [0.15, 0.2) is 0 Å². The van der Waals surface area contributed by atoms with Crippen molar-refractivity contribution in [1.29, 1.82) is 0 Å². The number of rotatable bonds is 5. The van der Waals surface area contributed by atoms with Crippen molar-refractivity contribution in [3.05, 3.63) is 0 Å². The number of amides is 1. The van der Waals surface area contributed by atoms with Crippen molar-refractivity contribution in [2.45, 2.75) is 45.7 Å². The number of hydrogen-bond acceptors (Lipinski definition) is 3. The van der Waals surface area contributed by atoms with Gasteiger partial charge in [-0.25, -0.2) is 0 Å². The van der Waals surface area contributed by atoms with E-state index in [2.05, 4.69) is 31.4 Å². The highest BCUT2D eigenvalue weighted by Crippen LogP contribution is 2.11. The average molecular weight is 230 g/mol. The first-order valence-electron chi connectivity index (χ1n) is 5.71. The first-order chi connectivity index (χ1) is 7.09. The van der Waals surface area contributed by atoms with Crippen LogP contribution < -0.4 is 10.6 Å². The third kappa shape index (κ3) is 4.89. The lowest BCUT2D eigenvalue weighted by Crippen LogP contribution is -2.45. The summed E-state index contributed by atoms with van der Waals surface area (Å²) in [5.41, 5.74) is 0.